The number of likely N-dealkylation sites (N-methyl/N-ethyl adjacent to an activating group) is 1. The summed E-state index contributed by atoms with van der Waals surface area (Å²) >= 11 is 0. The van der Waals surface area contributed by atoms with Crippen LogP contribution in [-0.4, -0.2) is 59.6 Å². The van der Waals surface area contributed by atoms with Gasteiger partial charge in [-0.2, -0.15) is 0 Å². The van der Waals surface area contributed by atoms with Gasteiger partial charge < -0.3 is 19.5 Å². The number of rotatable bonds is 2. The summed E-state index contributed by atoms with van der Waals surface area (Å²) in [6.45, 7) is 1.05. The van der Waals surface area contributed by atoms with Crippen LogP contribution < -0.4 is 9.47 Å². The molecule has 1 N–H and O–H groups in total. The quantitative estimate of drug-likeness (QED) is 0.796. The molecule has 4 atom stereocenters. The zero-order valence-corrected chi connectivity index (χ0v) is 17.7. The number of likely N-dealkylation sites (tertiary alicyclic amines) is 1. The van der Waals surface area contributed by atoms with Crippen molar-refractivity contribution in [2.75, 3.05) is 20.7 Å². The molecule has 2 aromatic rings. The van der Waals surface area contributed by atoms with Crippen LogP contribution in [0.15, 0.2) is 36.5 Å². The molecule has 2 fully saturated rings. The van der Waals surface area contributed by atoms with Crippen LogP contribution in [0.25, 0.3) is 0 Å². The van der Waals surface area contributed by atoms with Crippen LogP contribution >= 0.6 is 0 Å². The van der Waals surface area contributed by atoms with Crippen molar-refractivity contribution < 1.29 is 24.2 Å². The number of pyridine rings is 1. The summed E-state index contributed by atoms with van der Waals surface area (Å²) in [5.74, 6) is 1.47. The Labute approximate surface area is 181 Å². The molecule has 1 saturated heterocycles. The Hall–Kier alpha value is -2.93. The lowest BCUT2D eigenvalue weighted by molar-refractivity contribution is -0.138. The topological polar surface area (TPSA) is 89.0 Å². The zero-order chi connectivity index (χ0) is 21.8. The molecule has 2 bridgehead atoms. The molecule has 4 aliphatic rings. The number of carboxylic acids is 1. The summed E-state index contributed by atoms with van der Waals surface area (Å²) in [5.41, 5.74) is 2.65. The molecule has 0 unspecified atom stereocenters. The predicted octanol–water partition coefficient (Wildman–Crippen LogP) is 2.71. The highest BCUT2D eigenvalue weighted by atomic mass is 16.5. The van der Waals surface area contributed by atoms with Gasteiger partial charge in [0.2, 0.25) is 0 Å². The Morgan fingerprint density at radius 1 is 1.32 bits per heavy atom. The van der Waals surface area contributed by atoms with Crippen molar-refractivity contribution in [3.8, 4) is 11.5 Å². The maximum Gasteiger partial charge on any atom is 0.354 e. The van der Waals surface area contributed by atoms with E-state index in [4.69, 9.17) is 14.6 Å². The molecule has 1 spiro atoms. The highest BCUT2D eigenvalue weighted by molar-refractivity contribution is 5.89. The number of Topliss-reactive ketones (excluding diaryl/α,β-unsaturated/α-hetero) is 1. The summed E-state index contributed by atoms with van der Waals surface area (Å²) < 4.78 is 11.8. The molecule has 0 amide bonds. The second-order valence-electron chi connectivity index (χ2n) is 8.80. The Kier molecular flexibility index (Phi) is 4.73. The highest BCUT2D eigenvalue weighted by Crippen LogP contribution is 2.63. The van der Waals surface area contributed by atoms with Crippen molar-refractivity contribution in [2.24, 2.45) is 5.92 Å². The van der Waals surface area contributed by atoms with Gasteiger partial charge in [-0.1, -0.05) is 12.1 Å². The molecule has 6 rings (SSSR count). The number of benzene rings is 1. The predicted molar refractivity (Wildman–Crippen MR) is 113 cm³/mol. The van der Waals surface area contributed by atoms with E-state index in [-0.39, 0.29) is 23.0 Å². The SMILES string of the molecule is COc1ccc2c3c1O[C@H]1C(=O)CC[C@H]4[C@@H](C2)N(C)CC[C@]314.O=C(O)c1ccccn1. The summed E-state index contributed by atoms with van der Waals surface area (Å²) in [6, 6.07) is 9.49. The first-order chi connectivity index (χ1) is 15.0. The molecule has 3 heterocycles. The molecule has 7 nitrogen and oxygen atoms in total. The molecule has 162 valence electrons. The van der Waals surface area contributed by atoms with E-state index in [1.165, 1.54) is 23.4 Å². The molecule has 1 aromatic heterocycles. The van der Waals surface area contributed by atoms with Crippen molar-refractivity contribution in [3.63, 3.8) is 0 Å². The van der Waals surface area contributed by atoms with Crippen LogP contribution in [0.3, 0.4) is 0 Å². The fourth-order valence-corrected chi connectivity index (χ4v) is 6.16. The fraction of sp³-hybridized carbons (Fsp3) is 0.458. The lowest BCUT2D eigenvalue weighted by Crippen LogP contribution is -2.65. The molecule has 2 aliphatic heterocycles. The number of piperidine rings is 1. The van der Waals surface area contributed by atoms with Gasteiger partial charge in [-0.05, 0) is 62.5 Å². The van der Waals surface area contributed by atoms with Crippen LogP contribution in [0.1, 0.15) is 40.9 Å². The molecule has 1 saturated carbocycles. The van der Waals surface area contributed by atoms with Gasteiger partial charge >= 0.3 is 5.97 Å². The second kappa shape index (κ2) is 7.34. The number of ether oxygens (including phenoxy) is 2. The smallest absolute Gasteiger partial charge is 0.354 e. The first-order valence-corrected chi connectivity index (χ1v) is 10.7. The van der Waals surface area contributed by atoms with Crippen LogP contribution in [-0.2, 0) is 16.6 Å². The van der Waals surface area contributed by atoms with Crippen molar-refractivity contribution in [1.29, 1.82) is 0 Å². The maximum absolute atomic E-state index is 12.6. The lowest BCUT2D eigenvalue weighted by atomic mass is 9.52. The molecule has 0 radical (unpaired) electrons. The first-order valence-electron chi connectivity index (χ1n) is 10.7. The standard InChI is InChI=1S/C18H21NO3.C6H5NO2/c1-19-8-7-18-11-4-5-13(20)17(18)22-16-14(21-2)6-3-10(15(16)18)9-12(11)19;8-6(9)5-3-1-2-4-7-5/h3,6,11-12,17H,4-5,7-9H2,1-2H3;1-4H,(H,8,9)/t11-,12+,17-,18-;/m0./s1. The van der Waals surface area contributed by atoms with Gasteiger partial charge in [0.25, 0.3) is 0 Å². The molecule has 31 heavy (non-hydrogen) atoms. The third kappa shape index (κ3) is 2.86. The van der Waals surface area contributed by atoms with Gasteiger partial charge in [0.1, 0.15) is 5.69 Å². The van der Waals surface area contributed by atoms with Gasteiger partial charge in [0, 0.05) is 29.6 Å². The number of methoxy groups -OCH3 is 1. The van der Waals surface area contributed by atoms with E-state index in [1.54, 1.807) is 19.2 Å². The molecule has 1 aromatic carbocycles. The number of carboxylic acid groups (broad SMARTS) is 1. The first kappa shape index (κ1) is 20.0. The molecule has 2 aliphatic carbocycles. The zero-order valence-electron chi connectivity index (χ0n) is 17.7. The van der Waals surface area contributed by atoms with Gasteiger partial charge in [0.15, 0.2) is 23.4 Å². The van der Waals surface area contributed by atoms with Crippen molar-refractivity contribution in [2.45, 2.75) is 43.2 Å². The van der Waals surface area contributed by atoms with Gasteiger partial charge in [0.05, 0.1) is 7.11 Å². The van der Waals surface area contributed by atoms with E-state index in [0.717, 1.165) is 37.3 Å². The maximum atomic E-state index is 12.6. The average Bonchev–Trinajstić information content (AvgIpc) is 3.14. The van der Waals surface area contributed by atoms with Crippen molar-refractivity contribution >= 4 is 11.8 Å². The largest absolute Gasteiger partial charge is 0.493 e. The minimum absolute atomic E-state index is 0.0810. The van der Waals surface area contributed by atoms with E-state index < -0.39 is 5.97 Å². The molecular weight excluding hydrogens is 396 g/mol. The molecule has 7 heteroatoms. The van der Waals surface area contributed by atoms with Crippen LogP contribution in [0.4, 0.5) is 0 Å². The Balaban J connectivity index is 0.000000192. The highest BCUT2D eigenvalue weighted by Gasteiger charge is 2.65. The number of carbonyl (C=O) groups excluding carboxylic acids is 1. The van der Waals surface area contributed by atoms with Gasteiger partial charge in [-0.15, -0.1) is 0 Å². The normalized spacial score (nSPS) is 29.9. The number of carbonyl (C=O) groups is 2. The van der Waals surface area contributed by atoms with Crippen molar-refractivity contribution in [3.05, 3.63) is 53.3 Å². The van der Waals surface area contributed by atoms with E-state index >= 15 is 0 Å². The summed E-state index contributed by atoms with van der Waals surface area (Å²) in [5, 5.41) is 8.32. The minimum atomic E-state index is -0.990. The number of ketones is 1. The van der Waals surface area contributed by atoms with Crippen LogP contribution in [0.2, 0.25) is 0 Å². The lowest BCUT2D eigenvalue weighted by Gasteiger charge is -2.57. The summed E-state index contributed by atoms with van der Waals surface area (Å²) in [7, 11) is 3.91. The number of hydrogen-bond donors (Lipinski definition) is 1. The number of aromatic carboxylic acids is 1. The number of nitrogens with zero attached hydrogens (tertiary/aromatic N) is 2. The Morgan fingerprint density at radius 2 is 2.16 bits per heavy atom. The minimum Gasteiger partial charge on any atom is -0.493 e. The van der Waals surface area contributed by atoms with E-state index in [9.17, 15) is 9.59 Å². The Morgan fingerprint density at radius 3 is 2.84 bits per heavy atom. The van der Waals surface area contributed by atoms with Crippen LogP contribution in [0.5, 0.6) is 11.5 Å². The Bertz CT molecular complexity index is 1040. The third-order valence-electron chi connectivity index (χ3n) is 7.47. The second-order valence-corrected chi connectivity index (χ2v) is 8.80. The summed E-state index contributed by atoms with van der Waals surface area (Å²) in [6.07, 6.45) is 4.92. The van der Waals surface area contributed by atoms with Crippen LogP contribution in [0, 0.1) is 5.92 Å². The van der Waals surface area contributed by atoms with E-state index in [1.807, 2.05) is 6.07 Å². The van der Waals surface area contributed by atoms with Gasteiger partial charge in [-0.25, -0.2) is 9.78 Å². The van der Waals surface area contributed by atoms with Crippen molar-refractivity contribution in [1.82, 2.24) is 9.88 Å². The molecular formula is C24H26N2O5. The fourth-order valence-electron chi connectivity index (χ4n) is 6.16. The third-order valence-corrected chi connectivity index (χ3v) is 7.47. The van der Waals surface area contributed by atoms with E-state index in [2.05, 4.69) is 23.0 Å². The van der Waals surface area contributed by atoms with Gasteiger partial charge in [-0.3, -0.25) is 4.79 Å². The average molecular weight is 422 g/mol. The monoisotopic (exact) mass is 422 g/mol. The number of aromatic nitrogens is 1. The number of hydrogen-bond acceptors (Lipinski definition) is 6. The summed E-state index contributed by atoms with van der Waals surface area (Å²) in [4.78, 5) is 28.8. The van der Waals surface area contributed by atoms with E-state index in [0.29, 0.717) is 18.4 Å².